The van der Waals surface area contributed by atoms with Gasteiger partial charge < -0.3 is 5.32 Å². The van der Waals surface area contributed by atoms with Crippen LogP contribution in [0.4, 0.5) is 4.79 Å². The standard InChI is InChI=1S/C9H15N3O/c1-6-7(10)12(8(13)11-6)5-9(2,3)4/h10H,1,5H2,2-4H3,(H,11,13). The fourth-order valence-electron chi connectivity index (χ4n) is 1.15. The molecule has 0 saturated carbocycles. The van der Waals surface area contributed by atoms with Crippen LogP contribution in [0, 0.1) is 10.8 Å². The van der Waals surface area contributed by atoms with E-state index in [0.29, 0.717) is 12.2 Å². The van der Waals surface area contributed by atoms with Gasteiger partial charge in [-0.3, -0.25) is 10.3 Å². The van der Waals surface area contributed by atoms with Crippen molar-refractivity contribution < 1.29 is 4.79 Å². The van der Waals surface area contributed by atoms with Gasteiger partial charge in [-0.1, -0.05) is 27.4 Å². The molecule has 2 amide bonds. The van der Waals surface area contributed by atoms with Gasteiger partial charge in [-0.05, 0) is 5.41 Å². The van der Waals surface area contributed by atoms with Crippen LogP contribution in [-0.4, -0.2) is 23.3 Å². The molecular weight excluding hydrogens is 166 g/mol. The van der Waals surface area contributed by atoms with Crippen molar-refractivity contribution in [1.82, 2.24) is 10.2 Å². The van der Waals surface area contributed by atoms with E-state index in [1.165, 1.54) is 4.90 Å². The molecular formula is C9H15N3O. The molecule has 1 aliphatic heterocycles. The Balaban J connectivity index is 2.76. The number of hydrogen-bond acceptors (Lipinski definition) is 2. The number of amidine groups is 1. The first-order valence-corrected chi connectivity index (χ1v) is 4.17. The van der Waals surface area contributed by atoms with E-state index in [2.05, 4.69) is 11.9 Å². The summed E-state index contributed by atoms with van der Waals surface area (Å²) in [4.78, 5) is 12.7. The molecule has 0 radical (unpaired) electrons. The lowest BCUT2D eigenvalue weighted by atomic mass is 9.96. The summed E-state index contributed by atoms with van der Waals surface area (Å²) >= 11 is 0. The molecule has 1 saturated heterocycles. The van der Waals surface area contributed by atoms with Gasteiger partial charge in [0.15, 0.2) is 5.84 Å². The van der Waals surface area contributed by atoms with Crippen molar-refractivity contribution in [2.24, 2.45) is 5.41 Å². The number of carbonyl (C=O) groups excluding carboxylic acids is 1. The zero-order chi connectivity index (χ0) is 10.2. The van der Waals surface area contributed by atoms with Crippen molar-refractivity contribution >= 4 is 11.9 Å². The molecule has 0 aromatic heterocycles. The maximum atomic E-state index is 11.3. The molecule has 0 bridgehead atoms. The van der Waals surface area contributed by atoms with Crippen LogP contribution in [0.25, 0.3) is 0 Å². The molecule has 0 aliphatic carbocycles. The summed E-state index contributed by atoms with van der Waals surface area (Å²) in [6.45, 7) is 10.2. The van der Waals surface area contributed by atoms with Gasteiger partial charge in [0, 0.05) is 6.54 Å². The Morgan fingerprint density at radius 2 is 2.08 bits per heavy atom. The highest BCUT2D eigenvalue weighted by Crippen LogP contribution is 2.19. The minimum atomic E-state index is -0.245. The normalized spacial score (nSPS) is 18.1. The van der Waals surface area contributed by atoms with E-state index < -0.39 is 0 Å². The van der Waals surface area contributed by atoms with E-state index in [9.17, 15) is 4.79 Å². The molecule has 0 unspecified atom stereocenters. The summed E-state index contributed by atoms with van der Waals surface area (Å²) < 4.78 is 0. The van der Waals surface area contributed by atoms with Crippen LogP contribution in [0.3, 0.4) is 0 Å². The van der Waals surface area contributed by atoms with E-state index in [1.54, 1.807) is 0 Å². The molecule has 1 fully saturated rings. The molecule has 0 aromatic rings. The van der Waals surface area contributed by atoms with Crippen LogP contribution >= 0.6 is 0 Å². The van der Waals surface area contributed by atoms with Gasteiger partial charge >= 0.3 is 6.03 Å². The second-order valence-electron chi connectivity index (χ2n) is 4.40. The molecule has 0 atom stereocenters. The third-order valence-electron chi connectivity index (χ3n) is 1.69. The maximum Gasteiger partial charge on any atom is 0.327 e. The lowest BCUT2D eigenvalue weighted by Gasteiger charge is -2.24. The highest BCUT2D eigenvalue weighted by atomic mass is 16.2. The number of nitrogens with one attached hydrogen (secondary N) is 2. The van der Waals surface area contributed by atoms with Gasteiger partial charge in [0.05, 0.1) is 5.70 Å². The van der Waals surface area contributed by atoms with Gasteiger partial charge in [-0.25, -0.2) is 4.79 Å². The van der Waals surface area contributed by atoms with E-state index in [0.717, 1.165) is 0 Å². The van der Waals surface area contributed by atoms with Crippen molar-refractivity contribution in [1.29, 1.82) is 5.41 Å². The average Bonchev–Trinajstić information content (AvgIpc) is 2.14. The van der Waals surface area contributed by atoms with E-state index in [1.807, 2.05) is 20.8 Å². The average molecular weight is 181 g/mol. The fraction of sp³-hybridized carbons (Fsp3) is 0.556. The Bertz CT molecular complexity index is 275. The molecule has 0 aromatic carbocycles. The van der Waals surface area contributed by atoms with Crippen LogP contribution in [0.1, 0.15) is 20.8 Å². The van der Waals surface area contributed by atoms with Crippen molar-refractivity contribution in [3.05, 3.63) is 12.3 Å². The lowest BCUT2D eigenvalue weighted by Crippen LogP contribution is -2.37. The van der Waals surface area contributed by atoms with Gasteiger partial charge in [0.1, 0.15) is 0 Å². The fourth-order valence-corrected chi connectivity index (χ4v) is 1.15. The van der Waals surface area contributed by atoms with Gasteiger partial charge in [0.2, 0.25) is 0 Å². The van der Waals surface area contributed by atoms with Crippen LogP contribution in [0.5, 0.6) is 0 Å². The number of nitrogens with zero attached hydrogens (tertiary/aromatic N) is 1. The topological polar surface area (TPSA) is 56.2 Å². The summed E-state index contributed by atoms with van der Waals surface area (Å²) in [5.74, 6) is 0.180. The number of urea groups is 1. The van der Waals surface area contributed by atoms with Gasteiger partial charge in [-0.15, -0.1) is 0 Å². The first kappa shape index (κ1) is 9.77. The Hall–Kier alpha value is -1.32. The van der Waals surface area contributed by atoms with Gasteiger partial charge in [0.25, 0.3) is 0 Å². The van der Waals surface area contributed by atoms with Crippen molar-refractivity contribution in [2.75, 3.05) is 6.54 Å². The number of hydrogen-bond donors (Lipinski definition) is 2. The zero-order valence-corrected chi connectivity index (χ0v) is 8.27. The predicted octanol–water partition coefficient (Wildman–Crippen LogP) is 1.55. The summed E-state index contributed by atoms with van der Waals surface area (Å²) in [5, 5.41) is 10.1. The molecule has 2 N–H and O–H groups in total. The molecule has 1 heterocycles. The molecule has 72 valence electrons. The highest BCUT2D eigenvalue weighted by Gasteiger charge is 2.31. The quantitative estimate of drug-likeness (QED) is 0.633. The SMILES string of the molecule is C=C1NC(=O)N(CC(C)(C)C)C1=N. The Morgan fingerprint density at radius 3 is 2.38 bits per heavy atom. The third-order valence-corrected chi connectivity index (χ3v) is 1.69. The van der Waals surface area contributed by atoms with Crippen LogP contribution in [0.2, 0.25) is 0 Å². The number of rotatable bonds is 1. The molecule has 0 spiro atoms. The van der Waals surface area contributed by atoms with Crippen molar-refractivity contribution in [3.8, 4) is 0 Å². The number of amides is 2. The minimum Gasteiger partial charge on any atom is -0.305 e. The molecule has 4 nitrogen and oxygen atoms in total. The summed E-state index contributed by atoms with van der Waals surface area (Å²) in [5.41, 5.74) is 0.378. The van der Waals surface area contributed by atoms with Crippen LogP contribution in [-0.2, 0) is 0 Å². The Kier molecular flexibility index (Phi) is 2.15. The van der Waals surface area contributed by atoms with E-state index >= 15 is 0 Å². The summed E-state index contributed by atoms with van der Waals surface area (Å²) in [6, 6.07) is -0.245. The Labute approximate surface area is 78.1 Å². The monoisotopic (exact) mass is 181 g/mol. The molecule has 1 aliphatic rings. The minimum absolute atomic E-state index is 0.00569. The lowest BCUT2D eigenvalue weighted by molar-refractivity contribution is 0.214. The highest BCUT2D eigenvalue weighted by molar-refractivity contribution is 6.12. The first-order valence-electron chi connectivity index (χ1n) is 4.17. The van der Waals surface area contributed by atoms with E-state index in [-0.39, 0.29) is 17.3 Å². The second-order valence-corrected chi connectivity index (χ2v) is 4.40. The molecule has 13 heavy (non-hydrogen) atoms. The maximum absolute atomic E-state index is 11.3. The molecule has 4 heteroatoms. The van der Waals surface area contributed by atoms with E-state index in [4.69, 9.17) is 5.41 Å². The van der Waals surface area contributed by atoms with Crippen LogP contribution in [0.15, 0.2) is 12.3 Å². The zero-order valence-electron chi connectivity index (χ0n) is 8.27. The van der Waals surface area contributed by atoms with Crippen molar-refractivity contribution in [3.63, 3.8) is 0 Å². The second kappa shape index (κ2) is 2.87. The van der Waals surface area contributed by atoms with Crippen molar-refractivity contribution in [2.45, 2.75) is 20.8 Å². The largest absolute Gasteiger partial charge is 0.327 e. The third kappa shape index (κ3) is 2.08. The first-order chi connectivity index (χ1) is 5.81. The Morgan fingerprint density at radius 1 is 1.54 bits per heavy atom. The summed E-state index contributed by atoms with van der Waals surface area (Å²) in [7, 11) is 0. The summed E-state index contributed by atoms with van der Waals surface area (Å²) in [6.07, 6.45) is 0. The van der Waals surface area contributed by atoms with Gasteiger partial charge in [-0.2, -0.15) is 0 Å². The predicted molar refractivity (Wildman–Crippen MR) is 51.6 cm³/mol. The molecule has 1 rings (SSSR count). The number of carbonyl (C=O) groups is 1. The smallest absolute Gasteiger partial charge is 0.305 e. The van der Waals surface area contributed by atoms with Crippen LogP contribution < -0.4 is 5.32 Å².